The molecule has 0 atom stereocenters. The predicted octanol–water partition coefficient (Wildman–Crippen LogP) is 0.471. The molecule has 1 aliphatic rings. The monoisotopic (exact) mass is 384 g/mol. The number of nitrogens with zero attached hydrogens (tertiary/aromatic N) is 7. The summed E-state index contributed by atoms with van der Waals surface area (Å²) in [6.45, 7) is 9.27. The Morgan fingerprint density at radius 1 is 1.18 bits per heavy atom. The highest BCUT2D eigenvalue weighted by Gasteiger charge is 2.19. The van der Waals surface area contributed by atoms with E-state index in [2.05, 4.69) is 41.8 Å². The largest absolute Gasteiger partial charge is 0.377 e. The Morgan fingerprint density at radius 3 is 2.64 bits per heavy atom. The Labute approximate surface area is 162 Å². The van der Waals surface area contributed by atoms with Crippen LogP contribution in [0.4, 0.5) is 5.95 Å². The SMILES string of the molecule is CCN1CCN(c2ncc(-c3cc(=O)n4[nH]c(COC)nc4n3)c(C)n2)CC1. The van der Waals surface area contributed by atoms with Crippen LogP contribution < -0.4 is 10.5 Å². The Kier molecular flexibility index (Phi) is 5.05. The third kappa shape index (κ3) is 3.48. The third-order valence-electron chi connectivity index (χ3n) is 5.00. The van der Waals surface area contributed by atoms with Gasteiger partial charge in [-0.3, -0.25) is 9.89 Å². The summed E-state index contributed by atoms with van der Waals surface area (Å²) < 4.78 is 6.35. The lowest BCUT2D eigenvalue weighted by Crippen LogP contribution is -2.46. The summed E-state index contributed by atoms with van der Waals surface area (Å²) in [6, 6.07) is 1.47. The molecule has 4 heterocycles. The first-order valence-electron chi connectivity index (χ1n) is 9.38. The number of hydrogen-bond acceptors (Lipinski definition) is 8. The van der Waals surface area contributed by atoms with E-state index < -0.39 is 0 Å². The van der Waals surface area contributed by atoms with E-state index in [4.69, 9.17) is 4.74 Å². The number of aromatic nitrogens is 6. The first kappa shape index (κ1) is 18.5. The molecule has 0 aromatic carbocycles. The average Bonchev–Trinajstić information content (AvgIpc) is 3.11. The molecule has 0 unspecified atom stereocenters. The number of H-pyrrole nitrogens is 1. The van der Waals surface area contributed by atoms with Crippen LogP contribution in [0.2, 0.25) is 0 Å². The lowest BCUT2D eigenvalue weighted by Gasteiger charge is -2.34. The zero-order chi connectivity index (χ0) is 19.7. The van der Waals surface area contributed by atoms with Gasteiger partial charge in [-0.1, -0.05) is 6.92 Å². The number of rotatable bonds is 5. The van der Waals surface area contributed by atoms with Gasteiger partial charge in [-0.05, 0) is 13.5 Å². The van der Waals surface area contributed by atoms with Gasteiger partial charge in [0.15, 0.2) is 5.82 Å². The van der Waals surface area contributed by atoms with E-state index in [1.165, 1.54) is 10.6 Å². The third-order valence-corrected chi connectivity index (χ3v) is 5.00. The normalized spacial score (nSPS) is 15.5. The molecule has 1 aliphatic heterocycles. The Hall–Kier alpha value is -2.85. The minimum Gasteiger partial charge on any atom is -0.377 e. The number of ether oxygens (including phenoxy) is 1. The lowest BCUT2D eigenvalue weighted by molar-refractivity contribution is 0.178. The minimum absolute atomic E-state index is 0.242. The van der Waals surface area contributed by atoms with Crippen LogP contribution in [0.5, 0.6) is 0 Å². The van der Waals surface area contributed by atoms with E-state index in [0.29, 0.717) is 17.3 Å². The molecule has 3 aromatic heterocycles. The van der Waals surface area contributed by atoms with Gasteiger partial charge in [-0.15, -0.1) is 0 Å². The van der Waals surface area contributed by atoms with Gasteiger partial charge >= 0.3 is 0 Å². The quantitative estimate of drug-likeness (QED) is 0.677. The number of anilines is 1. The summed E-state index contributed by atoms with van der Waals surface area (Å²) in [6.07, 6.45) is 1.74. The molecule has 28 heavy (non-hydrogen) atoms. The second kappa shape index (κ2) is 7.64. The number of piperazine rings is 1. The van der Waals surface area contributed by atoms with Gasteiger partial charge in [0.2, 0.25) is 5.95 Å². The number of aryl methyl sites for hydroxylation is 1. The van der Waals surface area contributed by atoms with Gasteiger partial charge in [0.1, 0.15) is 6.61 Å². The van der Waals surface area contributed by atoms with Crippen LogP contribution in [0.25, 0.3) is 17.0 Å². The maximum absolute atomic E-state index is 12.4. The number of nitrogens with one attached hydrogen (secondary N) is 1. The van der Waals surface area contributed by atoms with Crippen molar-refractivity contribution < 1.29 is 4.74 Å². The molecule has 0 saturated carbocycles. The van der Waals surface area contributed by atoms with Crippen molar-refractivity contribution in [3.63, 3.8) is 0 Å². The number of methoxy groups -OCH3 is 1. The van der Waals surface area contributed by atoms with E-state index in [1.807, 2.05) is 6.92 Å². The molecule has 10 heteroatoms. The fraction of sp³-hybridized carbons (Fsp3) is 0.500. The predicted molar refractivity (Wildman–Crippen MR) is 104 cm³/mol. The molecule has 0 amide bonds. The van der Waals surface area contributed by atoms with Crippen LogP contribution in [-0.4, -0.2) is 74.3 Å². The number of fused-ring (bicyclic) bond motifs is 1. The van der Waals surface area contributed by atoms with Crippen LogP contribution in [-0.2, 0) is 11.3 Å². The molecule has 1 fully saturated rings. The minimum atomic E-state index is -0.242. The number of aromatic amines is 1. The summed E-state index contributed by atoms with van der Waals surface area (Å²) in [7, 11) is 1.57. The van der Waals surface area contributed by atoms with Crippen molar-refractivity contribution in [1.82, 2.24) is 34.4 Å². The van der Waals surface area contributed by atoms with Crippen molar-refractivity contribution in [1.29, 1.82) is 0 Å². The van der Waals surface area contributed by atoms with E-state index in [-0.39, 0.29) is 12.2 Å². The summed E-state index contributed by atoms with van der Waals surface area (Å²) in [5.41, 5.74) is 1.79. The van der Waals surface area contributed by atoms with Crippen molar-refractivity contribution in [2.75, 3.05) is 44.7 Å². The van der Waals surface area contributed by atoms with Gasteiger partial charge in [-0.25, -0.2) is 15.0 Å². The topological polar surface area (TPSA) is 105 Å². The fourth-order valence-electron chi connectivity index (χ4n) is 3.39. The second-order valence-corrected chi connectivity index (χ2v) is 6.81. The van der Waals surface area contributed by atoms with Crippen LogP contribution in [0.1, 0.15) is 18.4 Å². The lowest BCUT2D eigenvalue weighted by atomic mass is 10.2. The van der Waals surface area contributed by atoms with Gasteiger partial charge in [0.05, 0.1) is 11.4 Å². The Morgan fingerprint density at radius 2 is 1.96 bits per heavy atom. The van der Waals surface area contributed by atoms with E-state index in [0.717, 1.165) is 49.9 Å². The molecule has 4 rings (SSSR count). The Bertz CT molecular complexity index is 1040. The molecule has 0 aliphatic carbocycles. The number of hydrogen-bond donors (Lipinski definition) is 1. The zero-order valence-corrected chi connectivity index (χ0v) is 16.3. The van der Waals surface area contributed by atoms with E-state index >= 15 is 0 Å². The first-order chi connectivity index (χ1) is 13.6. The maximum atomic E-state index is 12.4. The van der Waals surface area contributed by atoms with Crippen molar-refractivity contribution in [2.45, 2.75) is 20.5 Å². The van der Waals surface area contributed by atoms with Crippen molar-refractivity contribution in [2.24, 2.45) is 0 Å². The molecule has 0 bridgehead atoms. The standard InChI is InChI=1S/C18H24N8O2/c1-4-24-5-7-25(8-6-24)17-19-10-13(12(2)20-17)14-9-16(27)26-18(21-14)22-15(23-26)11-28-3/h9-10H,4-8,11H2,1-3H3,(H,21,22,23). The van der Waals surface area contributed by atoms with Crippen LogP contribution in [0.15, 0.2) is 17.1 Å². The molecule has 1 saturated heterocycles. The van der Waals surface area contributed by atoms with Gasteiger partial charge in [-0.2, -0.15) is 9.50 Å². The number of likely N-dealkylation sites (N-methyl/N-ethyl adjacent to an activating group) is 1. The van der Waals surface area contributed by atoms with E-state index in [1.54, 1.807) is 13.3 Å². The van der Waals surface area contributed by atoms with Crippen LogP contribution >= 0.6 is 0 Å². The molecular formula is C18H24N8O2. The van der Waals surface area contributed by atoms with Crippen LogP contribution in [0, 0.1) is 6.92 Å². The van der Waals surface area contributed by atoms with Crippen molar-refractivity contribution in [3.8, 4) is 11.3 Å². The summed E-state index contributed by atoms with van der Waals surface area (Å²) in [5, 5.41) is 2.88. The molecule has 0 radical (unpaired) electrons. The smallest absolute Gasteiger partial charge is 0.274 e. The average molecular weight is 384 g/mol. The van der Waals surface area contributed by atoms with E-state index in [9.17, 15) is 4.79 Å². The van der Waals surface area contributed by atoms with Crippen molar-refractivity contribution in [3.05, 3.63) is 34.1 Å². The van der Waals surface area contributed by atoms with Crippen LogP contribution in [0.3, 0.4) is 0 Å². The highest BCUT2D eigenvalue weighted by Crippen LogP contribution is 2.21. The van der Waals surface area contributed by atoms with Gasteiger partial charge < -0.3 is 14.5 Å². The zero-order valence-electron chi connectivity index (χ0n) is 16.3. The van der Waals surface area contributed by atoms with Crippen molar-refractivity contribution >= 4 is 11.7 Å². The summed E-state index contributed by atoms with van der Waals surface area (Å²) >= 11 is 0. The highest BCUT2D eigenvalue weighted by molar-refractivity contribution is 5.62. The van der Waals surface area contributed by atoms with Gasteiger partial charge in [0, 0.05) is 51.1 Å². The molecule has 148 valence electrons. The molecular weight excluding hydrogens is 360 g/mol. The summed E-state index contributed by atoms with van der Waals surface area (Å²) in [5.74, 6) is 1.56. The summed E-state index contributed by atoms with van der Waals surface area (Å²) in [4.78, 5) is 35.0. The molecule has 1 N–H and O–H groups in total. The molecule has 0 spiro atoms. The maximum Gasteiger partial charge on any atom is 0.274 e. The first-order valence-corrected chi connectivity index (χ1v) is 9.38. The molecule has 3 aromatic rings. The second-order valence-electron chi connectivity index (χ2n) is 6.81. The fourth-order valence-corrected chi connectivity index (χ4v) is 3.39. The highest BCUT2D eigenvalue weighted by atomic mass is 16.5. The Balaban J connectivity index is 1.63. The van der Waals surface area contributed by atoms with Gasteiger partial charge in [0.25, 0.3) is 11.3 Å². The molecule has 10 nitrogen and oxygen atoms in total.